The molecule has 0 saturated carbocycles. The lowest BCUT2D eigenvalue weighted by atomic mass is 10.0. The van der Waals surface area contributed by atoms with Crippen LogP contribution in [0.3, 0.4) is 0 Å². The van der Waals surface area contributed by atoms with E-state index in [1.165, 1.54) is 6.33 Å². The molecule has 0 atom stereocenters. The third-order valence-corrected chi connectivity index (χ3v) is 5.03. The summed E-state index contributed by atoms with van der Waals surface area (Å²) in [6, 6.07) is 14.5. The van der Waals surface area contributed by atoms with Gasteiger partial charge in [-0.2, -0.15) is 0 Å². The predicted molar refractivity (Wildman–Crippen MR) is 116 cm³/mol. The van der Waals surface area contributed by atoms with Crippen LogP contribution < -0.4 is 10.2 Å². The number of nitrogens with one attached hydrogen (secondary N) is 1. The molecule has 1 aromatic heterocycles. The van der Waals surface area contributed by atoms with Crippen LogP contribution in [0.5, 0.6) is 0 Å². The molecule has 2 heterocycles. The molecule has 3 aromatic rings. The molecule has 9 heteroatoms. The van der Waals surface area contributed by atoms with Gasteiger partial charge in [-0.15, -0.1) is 0 Å². The van der Waals surface area contributed by atoms with Gasteiger partial charge in [0, 0.05) is 12.2 Å². The molecule has 0 spiro atoms. The van der Waals surface area contributed by atoms with Crippen LogP contribution in [0.1, 0.15) is 29.3 Å². The Bertz CT molecular complexity index is 1130. The maximum Gasteiger partial charge on any atom is 0.354 e. The number of carbonyl (C=O) groups excluding carboxylic acids is 1. The molecule has 0 radical (unpaired) electrons. The van der Waals surface area contributed by atoms with E-state index >= 15 is 0 Å². The average molecular weight is 419 g/mol. The van der Waals surface area contributed by atoms with Gasteiger partial charge in [-0.25, -0.2) is 14.8 Å². The summed E-state index contributed by atoms with van der Waals surface area (Å²) < 4.78 is 5.09. The van der Waals surface area contributed by atoms with E-state index in [0.29, 0.717) is 12.2 Å². The molecule has 1 N–H and O–H groups in total. The van der Waals surface area contributed by atoms with Crippen LogP contribution in [0.4, 0.5) is 28.7 Å². The summed E-state index contributed by atoms with van der Waals surface area (Å²) in [6.45, 7) is 2.54. The van der Waals surface area contributed by atoms with Gasteiger partial charge in [-0.3, -0.25) is 10.1 Å². The van der Waals surface area contributed by atoms with Gasteiger partial charge >= 0.3 is 11.7 Å². The summed E-state index contributed by atoms with van der Waals surface area (Å²) in [5, 5.41) is 15.0. The quantitative estimate of drug-likeness (QED) is 0.356. The zero-order valence-corrected chi connectivity index (χ0v) is 16.9. The van der Waals surface area contributed by atoms with E-state index in [0.717, 1.165) is 24.1 Å². The number of fused-ring (bicyclic) bond motifs is 1. The number of nitrogens with zero attached hydrogens (tertiary/aromatic N) is 4. The number of ether oxygens (including phenoxy) is 1. The number of nitro groups is 1. The summed E-state index contributed by atoms with van der Waals surface area (Å²) in [4.78, 5) is 34.1. The number of hydrogen-bond donors (Lipinski definition) is 1. The molecule has 31 heavy (non-hydrogen) atoms. The second-order valence-corrected chi connectivity index (χ2v) is 6.93. The Morgan fingerprint density at radius 1 is 1.19 bits per heavy atom. The van der Waals surface area contributed by atoms with Crippen molar-refractivity contribution < 1.29 is 14.5 Å². The average Bonchev–Trinajstić information content (AvgIpc) is 2.79. The van der Waals surface area contributed by atoms with E-state index < -0.39 is 10.9 Å². The second kappa shape index (κ2) is 8.78. The molecule has 9 nitrogen and oxygen atoms in total. The van der Waals surface area contributed by atoms with E-state index in [1.807, 2.05) is 29.2 Å². The Morgan fingerprint density at radius 3 is 2.77 bits per heavy atom. The molecule has 2 aromatic carbocycles. The standard InChI is InChI=1S/C22H21N5O4/c1-2-31-22(28)16-10-4-5-11-17(16)25-20-19(27(29)30)21(24-14-23-20)26-13-7-9-15-8-3-6-12-18(15)26/h3-6,8,10-12,14H,2,7,9,13H2,1H3,(H,23,24,25). The number of benzene rings is 2. The fraction of sp³-hybridized carbons (Fsp3) is 0.227. The molecule has 158 valence electrons. The Kier molecular flexibility index (Phi) is 5.74. The Morgan fingerprint density at radius 2 is 1.97 bits per heavy atom. The van der Waals surface area contributed by atoms with Crippen molar-refractivity contribution in [1.82, 2.24) is 9.97 Å². The number of aryl methyl sites for hydroxylation is 1. The Labute approximate surface area is 178 Å². The third-order valence-electron chi connectivity index (χ3n) is 5.03. The second-order valence-electron chi connectivity index (χ2n) is 6.93. The van der Waals surface area contributed by atoms with E-state index in [-0.39, 0.29) is 29.5 Å². The number of anilines is 4. The van der Waals surface area contributed by atoms with E-state index in [4.69, 9.17) is 4.74 Å². The third kappa shape index (κ3) is 4.02. The van der Waals surface area contributed by atoms with Gasteiger partial charge in [-0.05, 0) is 43.5 Å². The van der Waals surface area contributed by atoms with Crippen molar-refractivity contribution in [3.63, 3.8) is 0 Å². The van der Waals surface area contributed by atoms with Crippen molar-refractivity contribution in [3.8, 4) is 0 Å². The van der Waals surface area contributed by atoms with Crippen LogP contribution in [0.15, 0.2) is 54.9 Å². The summed E-state index contributed by atoms with van der Waals surface area (Å²) >= 11 is 0. The minimum absolute atomic E-state index is 0.00908. The number of esters is 1. The number of para-hydroxylation sites is 2. The van der Waals surface area contributed by atoms with Crippen molar-refractivity contribution in [2.24, 2.45) is 0 Å². The zero-order chi connectivity index (χ0) is 21.8. The predicted octanol–water partition coefficient (Wildman–Crippen LogP) is 4.39. The minimum Gasteiger partial charge on any atom is -0.462 e. The largest absolute Gasteiger partial charge is 0.462 e. The highest BCUT2D eigenvalue weighted by molar-refractivity contribution is 5.97. The van der Waals surface area contributed by atoms with Crippen molar-refractivity contribution in [3.05, 3.63) is 76.1 Å². The Hall–Kier alpha value is -4.01. The summed E-state index contributed by atoms with van der Waals surface area (Å²) in [5.41, 5.74) is 2.39. The Balaban J connectivity index is 1.78. The molecule has 1 aliphatic heterocycles. The first-order chi connectivity index (χ1) is 15.1. The van der Waals surface area contributed by atoms with Crippen LogP contribution in [0.2, 0.25) is 0 Å². The monoisotopic (exact) mass is 419 g/mol. The fourth-order valence-electron chi connectivity index (χ4n) is 3.69. The first-order valence-electron chi connectivity index (χ1n) is 9.98. The van der Waals surface area contributed by atoms with Crippen molar-refractivity contribution in [2.45, 2.75) is 19.8 Å². The molecular formula is C22H21N5O4. The van der Waals surface area contributed by atoms with Crippen molar-refractivity contribution in [2.75, 3.05) is 23.4 Å². The van der Waals surface area contributed by atoms with E-state index in [2.05, 4.69) is 15.3 Å². The van der Waals surface area contributed by atoms with E-state index in [1.54, 1.807) is 31.2 Å². The van der Waals surface area contributed by atoms with Crippen LogP contribution in [-0.4, -0.2) is 34.0 Å². The molecule has 0 unspecified atom stereocenters. The summed E-state index contributed by atoms with van der Waals surface area (Å²) in [5.74, 6) is -0.300. The molecule has 1 aliphatic rings. The van der Waals surface area contributed by atoms with Crippen LogP contribution in [0.25, 0.3) is 0 Å². The lowest BCUT2D eigenvalue weighted by Crippen LogP contribution is -2.26. The molecular weight excluding hydrogens is 398 g/mol. The minimum atomic E-state index is -0.521. The SMILES string of the molecule is CCOC(=O)c1ccccc1Nc1ncnc(N2CCCc3ccccc32)c1[N+](=O)[O-]. The molecule has 0 aliphatic carbocycles. The topological polar surface area (TPSA) is 110 Å². The molecule has 0 amide bonds. The number of carbonyl (C=O) groups is 1. The highest BCUT2D eigenvalue weighted by Gasteiger charge is 2.30. The van der Waals surface area contributed by atoms with Crippen LogP contribution in [-0.2, 0) is 11.2 Å². The molecule has 0 saturated heterocycles. The first kappa shape index (κ1) is 20.3. The molecule has 0 bridgehead atoms. The summed E-state index contributed by atoms with van der Waals surface area (Å²) in [6.07, 6.45) is 3.05. The molecule has 4 rings (SSSR count). The normalized spacial score (nSPS) is 12.7. The van der Waals surface area contributed by atoms with Gasteiger partial charge in [0.15, 0.2) is 0 Å². The number of aromatic nitrogens is 2. The maximum atomic E-state index is 12.3. The van der Waals surface area contributed by atoms with E-state index in [9.17, 15) is 14.9 Å². The zero-order valence-electron chi connectivity index (χ0n) is 16.9. The van der Waals surface area contributed by atoms with Crippen LogP contribution in [0, 0.1) is 10.1 Å². The fourth-order valence-corrected chi connectivity index (χ4v) is 3.69. The molecule has 0 fully saturated rings. The lowest BCUT2D eigenvalue weighted by molar-refractivity contribution is -0.383. The summed E-state index contributed by atoms with van der Waals surface area (Å²) in [7, 11) is 0. The number of rotatable bonds is 6. The van der Waals surface area contributed by atoms with Gasteiger partial charge in [0.2, 0.25) is 11.6 Å². The lowest BCUT2D eigenvalue weighted by Gasteiger charge is -2.30. The van der Waals surface area contributed by atoms with Gasteiger partial charge in [-0.1, -0.05) is 30.3 Å². The van der Waals surface area contributed by atoms with Crippen molar-refractivity contribution in [1.29, 1.82) is 0 Å². The van der Waals surface area contributed by atoms with Gasteiger partial charge in [0.25, 0.3) is 0 Å². The van der Waals surface area contributed by atoms with Gasteiger partial charge < -0.3 is 15.0 Å². The highest BCUT2D eigenvalue weighted by atomic mass is 16.6. The van der Waals surface area contributed by atoms with Gasteiger partial charge in [0.05, 0.1) is 22.8 Å². The number of hydrogen-bond acceptors (Lipinski definition) is 8. The smallest absolute Gasteiger partial charge is 0.354 e. The van der Waals surface area contributed by atoms with Gasteiger partial charge in [0.1, 0.15) is 6.33 Å². The highest BCUT2D eigenvalue weighted by Crippen LogP contribution is 2.40. The van der Waals surface area contributed by atoms with Crippen molar-refractivity contribution >= 4 is 34.7 Å². The first-order valence-corrected chi connectivity index (χ1v) is 9.98. The maximum absolute atomic E-state index is 12.3. The van der Waals surface area contributed by atoms with Crippen LogP contribution >= 0.6 is 0 Å².